The number of nitrogens with zero attached hydrogens (tertiary/aromatic N) is 1. The second-order valence-electron chi connectivity index (χ2n) is 6.06. The lowest BCUT2D eigenvalue weighted by atomic mass is 10.1. The van der Waals surface area contributed by atoms with Gasteiger partial charge in [0.15, 0.2) is 18.2 Å². The summed E-state index contributed by atoms with van der Waals surface area (Å²) in [5, 5.41) is 0.772. The van der Waals surface area contributed by atoms with E-state index in [1.807, 2.05) is 43.4 Å². The molecule has 0 saturated heterocycles. The Morgan fingerprint density at radius 3 is 2.38 bits per heavy atom. The molecule has 0 amide bonds. The molecule has 2 aromatic carbocycles. The van der Waals surface area contributed by atoms with E-state index in [1.54, 1.807) is 25.3 Å². The second-order valence-corrected chi connectivity index (χ2v) is 7.12. The third kappa shape index (κ3) is 3.40. The quantitative estimate of drug-likeness (QED) is 0.684. The largest absolute Gasteiger partial charge is 0.493 e. The van der Waals surface area contributed by atoms with Crippen molar-refractivity contribution in [3.8, 4) is 17.2 Å². The van der Waals surface area contributed by atoms with Crippen molar-refractivity contribution in [2.24, 2.45) is 0 Å². The van der Waals surface area contributed by atoms with Gasteiger partial charge in [-0.2, -0.15) is 0 Å². The molecule has 0 saturated carbocycles. The maximum Gasteiger partial charge on any atom is 0.273 e. The van der Waals surface area contributed by atoms with Crippen LogP contribution >= 0.6 is 11.5 Å². The number of nitrogens with one attached hydrogen (secondary N) is 1. The summed E-state index contributed by atoms with van der Waals surface area (Å²) in [6.07, 6.45) is 0. The van der Waals surface area contributed by atoms with Crippen LogP contribution in [0.15, 0.2) is 41.2 Å². The first-order chi connectivity index (χ1) is 12.6. The van der Waals surface area contributed by atoms with E-state index >= 15 is 0 Å². The predicted octanol–water partition coefficient (Wildman–Crippen LogP) is 1.76. The Kier molecular flexibility index (Phi) is 5.49. The summed E-state index contributed by atoms with van der Waals surface area (Å²) < 4.78 is 19.1. The van der Waals surface area contributed by atoms with E-state index in [9.17, 15) is 4.79 Å². The molecule has 3 rings (SSSR count). The van der Waals surface area contributed by atoms with Crippen molar-refractivity contribution in [2.45, 2.75) is 13.2 Å². The van der Waals surface area contributed by atoms with Crippen LogP contribution in [0.4, 0.5) is 0 Å². The summed E-state index contributed by atoms with van der Waals surface area (Å²) in [5.41, 5.74) is 1.06. The lowest BCUT2D eigenvalue weighted by Crippen LogP contribution is -3.07. The number of fused-ring (bicyclic) bond motifs is 1. The van der Waals surface area contributed by atoms with Crippen molar-refractivity contribution in [3.63, 3.8) is 0 Å². The molecule has 0 fully saturated rings. The summed E-state index contributed by atoms with van der Waals surface area (Å²) in [7, 11) is 6.86. The molecule has 7 heteroatoms. The number of aromatic nitrogens is 1. The minimum Gasteiger partial charge on any atom is -0.493 e. The van der Waals surface area contributed by atoms with Crippen LogP contribution in [0, 0.1) is 0 Å². The summed E-state index contributed by atoms with van der Waals surface area (Å²) >= 11 is 1.49. The summed E-state index contributed by atoms with van der Waals surface area (Å²) in [5.74, 6) is 1.88. The highest BCUT2D eigenvalue weighted by molar-refractivity contribution is 7.13. The topological polar surface area (TPSA) is 54.1 Å². The van der Waals surface area contributed by atoms with E-state index < -0.39 is 0 Å². The van der Waals surface area contributed by atoms with Gasteiger partial charge in [-0.05, 0) is 24.3 Å². The minimum atomic E-state index is 0.0595. The van der Waals surface area contributed by atoms with E-state index in [2.05, 4.69) is 0 Å². The van der Waals surface area contributed by atoms with Crippen molar-refractivity contribution < 1.29 is 19.1 Å². The van der Waals surface area contributed by atoms with E-state index in [0.717, 1.165) is 20.5 Å². The van der Waals surface area contributed by atoms with Crippen LogP contribution in [-0.2, 0) is 13.2 Å². The average Bonchev–Trinajstić information content (AvgIpc) is 2.97. The lowest BCUT2D eigenvalue weighted by molar-refractivity contribution is -0.916. The summed E-state index contributed by atoms with van der Waals surface area (Å²) in [6, 6.07) is 11.5. The lowest BCUT2D eigenvalue weighted by Gasteiger charge is -2.18. The number of quaternary nitrogens is 1. The van der Waals surface area contributed by atoms with Gasteiger partial charge < -0.3 is 19.1 Å². The summed E-state index contributed by atoms with van der Waals surface area (Å²) in [6.45, 7) is 1.26. The number of ether oxygens (including phenoxy) is 3. The Labute approximate surface area is 156 Å². The Balaban J connectivity index is 1.84. The van der Waals surface area contributed by atoms with Crippen LogP contribution in [0.3, 0.4) is 0 Å². The molecule has 0 aliphatic carbocycles. The van der Waals surface area contributed by atoms with E-state index in [0.29, 0.717) is 30.5 Å². The molecule has 6 nitrogen and oxygen atoms in total. The average molecular weight is 375 g/mol. The van der Waals surface area contributed by atoms with Crippen LogP contribution < -0.4 is 24.7 Å². The summed E-state index contributed by atoms with van der Waals surface area (Å²) in [4.78, 5) is 13.7. The van der Waals surface area contributed by atoms with Crippen LogP contribution in [0.5, 0.6) is 17.2 Å². The zero-order valence-electron chi connectivity index (χ0n) is 15.4. The van der Waals surface area contributed by atoms with Crippen LogP contribution in [0.1, 0.15) is 5.56 Å². The van der Waals surface area contributed by atoms with Crippen molar-refractivity contribution in [1.29, 1.82) is 0 Å². The zero-order chi connectivity index (χ0) is 18.7. The van der Waals surface area contributed by atoms with Crippen molar-refractivity contribution in [1.82, 2.24) is 3.96 Å². The maximum atomic E-state index is 12.5. The molecule has 0 radical (unpaired) electrons. The molecule has 0 bridgehead atoms. The van der Waals surface area contributed by atoms with Gasteiger partial charge in [0.25, 0.3) is 5.56 Å². The first-order valence-corrected chi connectivity index (χ1v) is 9.04. The number of benzene rings is 2. The van der Waals surface area contributed by atoms with E-state index in [4.69, 9.17) is 14.2 Å². The fourth-order valence-corrected chi connectivity index (χ4v) is 4.15. The maximum absolute atomic E-state index is 12.5. The number of methoxy groups -OCH3 is 3. The Morgan fingerprint density at radius 2 is 1.73 bits per heavy atom. The molecule has 1 unspecified atom stereocenters. The Morgan fingerprint density at radius 1 is 1.00 bits per heavy atom. The van der Waals surface area contributed by atoms with Crippen LogP contribution in [-0.4, -0.2) is 32.3 Å². The molecule has 3 aromatic rings. The van der Waals surface area contributed by atoms with Gasteiger partial charge >= 0.3 is 0 Å². The Hall–Kier alpha value is -2.51. The SMILES string of the molecule is COc1ccc(C[NH+](C)Cn2sc3ccccc3c2=O)c(OC)c1OC. The molecule has 26 heavy (non-hydrogen) atoms. The molecule has 0 aliphatic heterocycles. The highest BCUT2D eigenvalue weighted by Gasteiger charge is 2.19. The van der Waals surface area contributed by atoms with Gasteiger partial charge in [-0.3, -0.25) is 4.79 Å². The molecule has 1 N–H and O–H groups in total. The predicted molar refractivity (Wildman–Crippen MR) is 103 cm³/mol. The zero-order valence-corrected chi connectivity index (χ0v) is 16.2. The smallest absolute Gasteiger partial charge is 0.273 e. The standard InChI is InChI=1S/C19H22N2O4S/c1-20(12-21-19(22)14-7-5-6-8-16(14)26-21)11-13-9-10-15(23-2)18(25-4)17(13)24-3/h5-10H,11-12H2,1-4H3/p+1. The second kappa shape index (κ2) is 7.80. The number of rotatable bonds is 7. The first-order valence-electron chi connectivity index (χ1n) is 8.27. The fourth-order valence-electron chi connectivity index (χ4n) is 3.05. The van der Waals surface area contributed by atoms with E-state index in [-0.39, 0.29) is 5.56 Å². The third-order valence-electron chi connectivity index (χ3n) is 4.24. The van der Waals surface area contributed by atoms with Gasteiger partial charge in [0.05, 0.1) is 44.0 Å². The number of hydrogen-bond donors (Lipinski definition) is 1. The molecule has 1 aromatic heterocycles. The van der Waals surface area contributed by atoms with Crippen LogP contribution in [0.2, 0.25) is 0 Å². The molecule has 1 heterocycles. The molecule has 138 valence electrons. The van der Waals surface area contributed by atoms with Crippen LogP contribution in [0.25, 0.3) is 10.1 Å². The highest BCUT2D eigenvalue weighted by atomic mass is 32.1. The molecule has 0 spiro atoms. The van der Waals surface area contributed by atoms with Crippen molar-refractivity contribution >= 4 is 21.6 Å². The first kappa shape index (κ1) is 18.3. The van der Waals surface area contributed by atoms with Gasteiger partial charge in [0.1, 0.15) is 6.54 Å². The van der Waals surface area contributed by atoms with Crippen molar-refractivity contribution in [3.05, 3.63) is 52.3 Å². The van der Waals surface area contributed by atoms with E-state index in [1.165, 1.54) is 11.5 Å². The normalized spacial score (nSPS) is 12.2. The van der Waals surface area contributed by atoms with Gasteiger partial charge in [0, 0.05) is 0 Å². The Bertz CT molecular complexity index is 964. The van der Waals surface area contributed by atoms with Crippen molar-refractivity contribution in [2.75, 3.05) is 28.4 Å². The number of hydrogen-bond acceptors (Lipinski definition) is 5. The third-order valence-corrected chi connectivity index (χ3v) is 5.31. The molecular weight excluding hydrogens is 352 g/mol. The molecule has 1 atom stereocenters. The molecule has 0 aliphatic rings. The molecular formula is C19H23N2O4S+. The fraction of sp³-hybridized carbons (Fsp3) is 0.316. The monoisotopic (exact) mass is 375 g/mol. The minimum absolute atomic E-state index is 0.0595. The van der Waals surface area contributed by atoms with Gasteiger partial charge in [0.2, 0.25) is 5.75 Å². The van der Waals surface area contributed by atoms with Gasteiger partial charge in [-0.25, -0.2) is 3.96 Å². The van der Waals surface area contributed by atoms with Gasteiger partial charge in [-0.15, -0.1) is 0 Å². The highest BCUT2D eigenvalue weighted by Crippen LogP contribution is 2.39. The van der Waals surface area contributed by atoms with Gasteiger partial charge in [-0.1, -0.05) is 23.7 Å².